The molecule has 0 radical (unpaired) electrons. The first kappa shape index (κ1) is 12.4. The summed E-state index contributed by atoms with van der Waals surface area (Å²) in [6, 6.07) is 0.0565. The molecule has 17 heavy (non-hydrogen) atoms. The summed E-state index contributed by atoms with van der Waals surface area (Å²) >= 11 is 0. The number of rotatable bonds is 1. The molecule has 2 fully saturated rings. The van der Waals surface area contributed by atoms with Crippen molar-refractivity contribution in [1.82, 2.24) is 10.2 Å². The van der Waals surface area contributed by atoms with Gasteiger partial charge in [-0.25, -0.2) is 0 Å². The highest BCUT2D eigenvalue weighted by Crippen LogP contribution is 2.38. The third-order valence-corrected chi connectivity index (χ3v) is 4.11. The standard InChI is InChI=1S/C13H22N2O2/c1-9(2)15-11(17)13(7-5-6-8-13)14-10(16)12(15,3)4/h9H,5-8H2,1-4H3,(H,14,16). The van der Waals surface area contributed by atoms with Gasteiger partial charge < -0.3 is 10.2 Å². The molecule has 2 aliphatic rings. The van der Waals surface area contributed by atoms with Crippen molar-refractivity contribution in [3.8, 4) is 0 Å². The van der Waals surface area contributed by atoms with Gasteiger partial charge in [-0.3, -0.25) is 9.59 Å². The Morgan fingerprint density at radius 1 is 1.18 bits per heavy atom. The molecule has 0 aromatic carbocycles. The number of hydrogen-bond acceptors (Lipinski definition) is 2. The van der Waals surface area contributed by atoms with Crippen molar-refractivity contribution in [3.63, 3.8) is 0 Å². The number of nitrogens with zero attached hydrogens (tertiary/aromatic N) is 1. The summed E-state index contributed by atoms with van der Waals surface area (Å²) in [7, 11) is 0. The monoisotopic (exact) mass is 238 g/mol. The van der Waals surface area contributed by atoms with E-state index in [1.54, 1.807) is 4.90 Å². The van der Waals surface area contributed by atoms with Crippen LogP contribution in [0.5, 0.6) is 0 Å². The van der Waals surface area contributed by atoms with Gasteiger partial charge in [0.2, 0.25) is 11.8 Å². The van der Waals surface area contributed by atoms with Crippen molar-refractivity contribution in [2.75, 3.05) is 0 Å². The van der Waals surface area contributed by atoms with Crippen LogP contribution in [0.25, 0.3) is 0 Å². The zero-order chi connectivity index (χ0) is 12.8. The maximum absolute atomic E-state index is 12.7. The van der Waals surface area contributed by atoms with E-state index in [-0.39, 0.29) is 17.9 Å². The molecule has 1 saturated heterocycles. The van der Waals surface area contributed by atoms with Gasteiger partial charge in [-0.05, 0) is 40.5 Å². The van der Waals surface area contributed by atoms with Crippen LogP contribution in [0.3, 0.4) is 0 Å². The molecule has 1 aliphatic carbocycles. The first-order valence-corrected chi connectivity index (χ1v) is 6.48. The normalized spacial score (nSPS) is 26.8. The van der Waals surface area contributed by atoms with Crippen LogP contribution in [0.4, 0.5) is 0 Å². The molecule has 1 spiro atoms. The highest BCUT2D eigenvalue weighted by atomic mass is 16.2. The fourth-order valence-electron chi connectivity index (χ4n) is 3.21. The van der Waals surface area contributed by atoms with Crippen molar-refractivity contribution >= 4 is 11.8 Å². The van der Waals surface area contributed by atoms with Gasteiger partial charge in [0.1, 0.15) is 11.1 Å². The first-order chi connectivity index (χ1) is 7.81. The van der Waals surface area contributed by atoms with Crippen LogP contribution in [0, 0.1) is 0 Å². The number of carbonyl (C=O) groups is 2. The SMILES string of the molecule is CC(C)N1C(=O)C2(CCCC2)NC(=O)C1(C)C. The summed E-state index contributed by atoms with van der Waals surface area (Å²) in [6.07, 6.45) is 3.63. The zero-order valence-electron chi connectivity index (χ0n) is 11.2. The lowest BCUT2D eigenvalue weighted by molar-refractivity contribution is -0.163. The highest BCUT2D eigenvalue weighted by Gasteiger charge is 2.55. The molecule has 1 aliphatic heterocycles. The van der Waals surface area contributed by atoms with Gasteiger partial charge in [-0.15, -0.1) is 0 Å². The molecule has 1 N–H and O–H groups in total. The summed E-state index contributed by atoms with van der Waals surface area (Å²) in [5.41, 5.74) is -1.34. The van der Waals surface area contributed by atoms with Crippen LogP contribution in [0.15, 0.2) is 0 Å². The van der Waals surface area contributed by atoms with Gasteiger partial charge in [0.25, 0.3) is 0 Å². The lowest BCUT2D eigenvalue weighted by Crippen LogP contribution is -2.74. The van der Waals surface area contributed by atoms with Crippen molar-refractivity contribution in [2.45, 2.75) is 70.5 Å². The predicted molar refractivity (Wildman–Crippen MR) is 65.4 cm³/mol. The lowest BCUT2D eigenvalue weighted by Gasteiger charge is -2.50. The smallest absolute Gasteiger partial charge is 0.249 e. The van der Waals surface area contributed by atoms with E-state index in [1.165, 1.54) is 0 Å². The van der Waals surface area contributed by atoms with E-state index in [1.807, 2.05) is 27.7 Å². The number of piperazine rings is 1. The Morgan fingerprint density at radius 3 is 2.18 bits per heavy atom. The summed E-state index contributed by atoms with van der Waals surface area (Å²) in [6.45, 7) is 7.59. The number of nitrogens with one attached hydrogen (secondary N) is 1. The Labute approximate surface area is 103 Å². The van der Waals surface area contributed by atoms with E-state index in [0.29, 0.717) is 0 Å². The molecule has 1 saturated carbocycles. The van der Waals surface area contributed by atoms with Crippen LogP contribution < -0.4 is 5.32 Å². The van der Waals surface area contributed by atoms with Crippen molar-refractivity contribution < 1.29 is 9.59 Å². The summed E-state index contributed by atoms with van der Waals surface area (Å²) in [5, 5.41) is 2.99. The van der Waals surface area contributed by atoms with E-state index in [0.717, 1.165) is 25.7 Å². The third kappa shape index (κ3) is 1.65. The Morgan fingerprint density at radius 2 is 1.71 bits per heavy atom. The maximum atomic E-state index is 12.7. The van der Waals surface area contributed by atoms with Gasteiger partial charge in [0.15, 0.2) is 0 Å². The van der Waals surface area contributed by atoms with Gasteiger partial charge in [-0.2, -0.15) is 0 Å². The molecule has 4 heteroatoms. The molecular formula is C13H22N2O2. The summed E-state index contributed by atoms with van der Waals surface area (Å²) < 4.78 is 0. The molecule has 96 valence electrons. The summed E-state index contributed by atoms with van der Waals surface area (Å²) in [5.74, 6) is 0.0855. The largest absolute Gasteiger partial charge is 0.340 e. The second-order valence-corrected chi connectivity index (χ2v) is 6.07. The second kappa shape index (κ2) is 3.72. The van der Waals surface area contributed by atoms with Crippen LogP contribution in [0.1, 0.15) is 53.4 Å². The average Bonchev–Trinajstić information content (AvgIpc) is 2.64. The van der Waals surface area contributed by atoms with E-state index in [9.17, 15) is 9.59 Å². The molecule has 1 heterocycles. The van der Waals surface area contributed by atoms with Gasteiger partial charge in [-0.1, -0.05) is 12.8 Å². The molecule has 2 rings (SSSR count). The molecule has 0 unspecified atom stereocenters. The van der Waals surface area contributed by atoms with E-state index < -0.39 is 11.1 Å². The van der Waals surface area contributed by atoms with Crippen molar-refractivity contribution in [3.05, 3.63) is 0 Å². The predicted octanol–water partition coefficient (Wildman–Crippen LogP) is 1.44. The zero-order valence-corrected chi connectivity index (χ0v) is 11.2. The molecule has 0 atom stereocenters. The van der Waals surface area contributed by atoms with Gasteiger partial charge in [0.05, 0.1) is 0 Å². The van der Waals surface area contributed by atoms with Gasteiger partial charge >= 0.3 is 0 Å². The minimum Gasteiger partial charge on any atom is -0.340 e. The van der Waals surface area contributed by atoms with Crippen molar-refractivity contribution in [2.24, 2.45) is 0 Å². The summed E-state index contributed by atoms with van der Waals surface area (Å²) in [4.78, 5) is 26.7. The van der Waals surface area contributed by atoms with Gasteiger partial charge in [0, 0.05) is 6.04 Å². The third-order valence-electron chi connectivity index (χ3n) is 4.11. The minimum absolute atomic E-state index is 0.0206. The second-order valence-electron chi connectivity index (χ2n) is 6.07. The van der Waals surface area contributed by atoms with Crippen LogP contribution in [-0.4, -0.2) is 33.8 Å². The van der Waals surface area contributed by atoms with E-state index in [4.69, 9.17) is 0 Å². The van der Waals surface area contributed by atoms with Crippen molar-refractivity contribution in [1.29, 1.82) is 0 Å². The Balaban J connectivity index is 2.40. The molecular weight excluding hydrogens is 216 g/mol. The average molecular weight is 238 g/mol. The van der Waals surface area contributed by atoms with Crippen LogP contribution in [0.2, 0.25) is 0 Å². The Hall–Kier alpha value is -1.06. The molecule has 2 amide bonds. The number of amides is 2. The number of carbonyl (C=O) groups excluding carboxylic acids is 2. The Kier molecular flexibility index (Phi) is 2.71. The number of hydrogen-bond donors (Lipinski definition) is 1. The van der Waals surface area contributed by atoms with E-state index >= 15 is 0 Å². The molecule has 0 aromatic rings. The molecule has 0 bridgehead atoms. The fourth-order valence-corrected chi connectivity index (χ4v) is 3.21. The minimum atomic E-state index is -0.737. The molecule has 4 nitrogen and oxygen atoms in total. The molecule has 0 aromatic heterocycles. The topological polar surface area (TPSA) is 49.4 Å². The lowest BCUT2D eigenvalue weighted by atomic mass is 9.85. The van der Waals surface area contributed by atoms with Crippen LogP contribution in [-0.2, 0) is 9.59 Å². The first-order valence-electron chi connectivity index (χ1n) is 6.48. The maximum Gasteiger partial charge on any atom is 0.249 e. The quantitative estimate of drug-likeness (QED) is 0.751. The highest BCUT2D eigenvalue weighted by molar-refractivity contribution is 6.02. The van der Waals surface area contributed by atoms with Crippen LogP contribution >= 0.6 is 0 Å². The van der Waals surface area contributed by atoms with E-state index in [2.05, 4.69) is 5.32 Å². The fraction of sp³-hybridized carbons (Fsp3) is 0.846. The Bertz CT molecular complexity index is 354.